The number of ether oxygens (including phenoxy) is 1. The molecule has 1 amide bonds. The van der Waals surface area contributed by atoms with Crippen LogP contribution in [0.4, 0.5) is 11.4 Å². The highest BCUT2D eigenvalue weighted by Crippen LogP contribution is 2.31. The van der Waals surface area contributed by atoms with Gasteiger partial charge in [-0.2, -0.15) is 0 Å². The summed E-state index contributed by atoms with van der Waals surface area (Å²) in [4.78, 5) is 41.1. The van der Waals surface area contributed by atoms with Gasteiger partial charge in [-0.05, 0) is 56.2 Å². The molecule has 1 N–H and O–H groups in total. The van der Waals surface area contributed by atoms with Gasteiger partial charge in [-0.15, -0.1) is 0 Å². The number of amides is 1. The summed E-state index contributed by atoms with van der Waals surface area (Å²) in [7, 11) is 1.60. The number of nitro groups is 1. The Labute approximate surface area is 213 Å². The van der Waals surface area contributed by atoms with Gasteiger partial charge in [-0.25, -0.2) is 0 Å². The number of nitrogens with zero attached hydrogens (tertiary/aromatic N) is 2. The van der Waals surface area contributed by atoms with Crippen molar-refractivity contribution in [2.75, 3.05) is 12.4 Å². The lowest BCUT2D eigenvalue weighted by Gasteiger charge is -2.29. The highest BCUT2D eigenvalue weighted by molar-refractivity contribution is 6.34. The molecule has 0 aliphatic carbocycles. The standard InChI is InChI=1S/C27H24ClN3O5/c1-27(2)15-17-7-9-20(36-3)13-22(17)24(30-27)14-25(32)16-5-4-6-18(11-16)29-26(33)21-10-8-19(31(34)35)12-23(21)28/h4-13H,14-15H2,1-3H3,(H,29,33). The summed E-state index contributed by atoms with van der Waals surface area (Å²) in [6.45, 7) is 4.06. The number of ketones is 1. The van der Waals surface area contributed by atoms with E-state index in [-0.39, 0.29) is 34.0 Å². The summed E-state index contributed by atoms with van der Waals surface area (Å²) < 4.78 is 5.36. The van der Waals surface area contributed by atoms with Gasteiger partial charge in [0.15, 0.2) is 5.78 Å². The number of nitrogens with one attached hydrogen (secondary N) is 1. The van der Waals surface area contributed by atoms with Crippen molar-refractivity contribution in [3.05, 3.63) is 98.1 Å². The van der Waals surface area contributed by atoms with Crippen molar-refractivity contribution in [3.8, 4) is 5.75 Å². The number of Topliss-reactive ketones (excluding diaryl/α,β-unsaturated/α-hetero) is 1. The molecule has 1 heterocycles. The van der Waals surface area contributed by atoms with Crippen LogP contribution in [0.1, 0.15) is 52.1 Å². The predicted molar refractivity (Wildman–Crippen MR) is 139 cm³/mol. The minimum absolute atomic E-state index is 0.0408. The van der Waals surface area contributed by atoms with Gasteiger partial charge in [0, 0.05) is 28.9 Å². The van der Waals surface area contributed by atoms with E-state index in [1.165, 1.54) is 12.1 Å². The summed E-state index contributed by atoms with van der Waals surface area (Å²) in [5.41, 5.74) is 3.06. The summed E-state index contributed by atoms with van der Waals surface area (Å²) in [5.74, 6) is 0.00633. The number of non-ortho nitro benzene ring substituents is 1. The number of hydrogen-bond donors (Lipinski definition) is 1. The molecule has 0 saturated carbocycles. The molecule has 3 aromatic rings. The topological polar surface area (TPSA) is 111 Å². The predicted octanol–water partition coefficient (Wildman–Crippen LogP) is 5.91. The Kier molecular flexibility index (Phi) is 6.90. The fourth-order valence-corrected chi connectivity index (χ4v) is 4.46. The average Bonchev–Trinajstić information content (AvgIpc) is 2.83. The highest BCUT2D eigenvalue weighted by Gasteiger charge is 2.28. The Morgan fingerprint density at radius 1 is 1.14 bits per heavy atom. The number of carbonyl (C=O) groups is 2. The lowest BCUT2D eigenvalue weighted by atomic mass is 9.85. The minimum atomic E-state index is -0.588. The van der Waals surface area contributed by atoms with E-state index in [1.807, 2.05) is 32.0 Å². The first-order valence-electron chi connectivity index (χ1n) is 11.2. The second kappa shape index (κ2) is 9.91. The van der Waals surface area contributed by atoms with Crippen LogP contribution in [0.5, 0.6) is 5.75 Å². The Morgan fingerprint density at radius 3 is 2.61 bits per heavy atom. The van der Waals surface area contributed by atoms with Crippen LogP contribution in [0.15, 0.2) is 65.7 Å². The van der Waals surface area contributed by atoms with Crippen LogP contribution >= 0.6 is 11.6 Å². The van der Waals surface area contributed by atoms with Gasteiger partial charge < -0.3 is 10.1 Å². The number of benzene rings is 3. The van der Waals surface area contributed by atoms with Crippen LogP contribution in [-0.4, -0.2) is 35.0 Å². The van der Waals surface area contributed by atoms with Crippen LogP contribution in [0.2, 0.25) is 5.02 Å². The highest BCUT2D eigenvalue weighted by atomic mass is 35.5. The van der Waals surface area contributed by atoms with E-state index in [2.05, 4.69) is 5.32 Å². The van der Waals surface area contributed by atoms with Crippen LogP contribution in [-0.2, 0) is 6.42 Å². The van der Waals surface area contributed by atoms with Crippen molar-refractivity contribution in [1.82, 2.24) is 0 Å². The normalized spacial score (nSPS) is 13.8. The van der Waals surface area contributed by atoms with Gasteiger partial charge >= 0.3 is 0 Å². The van der Waals surface area contributed by atoms with E-state index >= 15 is 0 Å². The second-order valence-electron chi connectivity index (χ2n) is 9.13. The molecule has 9 heteroatoms. The summed E-state index contributed by atoms with van der Waals surface area (Å²) in [6.07, 6.45) is 0.853. The number of rotatable bonds is 7. The Morgan fingerprint density at radius 2 is 1.92 bits per heavy atom. The molecular formula is C27H24ClN3O5. The maximum absolute atomic E-state index is 13.2. The molecule has 0 unspecified atom stereocenters. The van der Waals surface area contributed by atoms with Crippen molar-refractivity contribution in [2.45, 2.75) is 32.2 Å². The fraction of sp³-hybridized carbons (Fsp3) is 0.222. The van der Waals surface area contributed by atoms with E-state index in [1.54, 1.807) is 31.4 Å². The van der Waals surface area contributed by atoms with Gasteiger partial charge in [-0.3, -0.25) is 24.7 Å². The third kappa shape index (κ3) is 5.44. The lowest BCUT2D eigenvalue weighted by molar-refractivity contribution is -0.384. The first-order chi connectivity index (χ1) is 17.1. The SMILES string of the molecule is COc1ccc2c(c1)C(CC(=O)c1cccc(NC(=O)c3ccc([N+](=O)[O-])cc3Cl)c1)=NC(C)(C)C2. The molecule has 0 saturated heterocycles. The van der Waals surface area contributed by atoms with Crippen LogP contribution in [0.3, 0.4) is 0 Å². The quantitative estimate of drug-likeness (QED) is 0.244. The monoisotopic (exact) mass is 505 g/mol. The van der Waals surface area contributed by atoms with Crippen LogP contribution < -0.4 is 10.1 Å². The second-order valence-corrected chi connectivity index (χ2v) is 9.53. The smallest absolute Gasteiger partial charge is 0.270 e. The summed E-state index contributed by atoms with van der Waals surface area (Å²) in [5, 5.41) is 13.6. The molecule has 4 rings (SSSR count). The maximum Gasteiger partial charge on any atom is 0.270 e. The largest absolute Gasteiger partial charge is 0.497 e. The van der Waals surface area contributed by atoms with Crippen LogP contribution in [0, 0.1) is 10.1 Å². The minimum Gasteiger partial charge on any atom is -0.497 e. The molecule has 8 nitrogen and oxygen atoms in total. The molecule has 0 aromatic heterocycles. The number of aliphatic imine (C=N–C) groups is 1. The van der Waals surface area contributed by atoms with Crippen LogP contribution in [0.25, 0.3) is 0 Å². The van der Waals surface area contributed by atoms with Gasteiger partial charge in [0.25, 0.3) is 11.6 Å². The molecule has 36 heavy (non-hydrogen) atoms. The third-order valence-corrected chi connectivity index (χ3v) is 6.18. The number of anilines is 1. The number of methoxy groups -OCH3 is 1. The number of carbonyl (C=O) groups excluding carboxylic acids is 2. The van der Waals surface area contributed by atoms with Gasteiger partial charge in [0.2, 0.25) is 0 Å². The fourth-order valence-electron chi connectivity index (χ4n) is 4.20. The van der Waals surface area contributed by atoms with E-state index in [9.17, 15) is 19.7 Å². The van der Waals surface area contributed by atoms with Crippen molar-refractivity contribution < 1.29 is 19.2 Å². The summed E-state index contributed by atoms with van der Waals surface area (Å²) >= 11 is 6.07. The first-order valence-corrected chi connectivity index (χ1v) is 11.6. The van der Waals surface area contributed by atoms with E-state index in [0.29, 0.717) is 22.7 Å². The third-order valence-electron chi connectivity index (χ3n) is 5.87. The number of fused-ring (bicyclic) bond motifs is 1. The molecule has 0 bridgehead atoms. The molecule has 1 aliphatic rings. The van der Waals surface area contributed by atoms with E-state index in [4.69, 9.17) is 21.3 Å². The zero-order chi connectivity index (χ0) is 26.0. The molecule has 0 spiro atoms. The maximum atomic E-state index is 13.2. The molecule has 184 valence electrons. The first kappa shape index (κ1) is 25.1. The molecule has 3 aromatic carbocycles. The van der Waals surface area contributed by atoms with Gasteiger partial charge in [0.1, 0.15) is 5.75 Å². The van der Waals surface area contributed by atoms with Gasteiger partial charge in [0.05, 0.1) is 40.3 Å². The van der Waals surface area contributed by atoms with Gasteiger partial charge in [-0.1, -0.05) is 29.8 Å². The van der Waals surface area contributed by atoms with Crippen molar-refractivity contribution >= 4 is 40.4 Å². The Bertz CT molecular complexity index is 1410. The molecule has 1 aliphatic heterocycles. The lowest BCUT2D eigenvalue weighted by Crippen LogP contribution is -2.30. The van der Waals surface area contributed by atoms with E-state index in [0.717, 1.165) is 23.6 Å². The Balaban J connectivity index is 1.54. The van der Waals surface area contributed by atoms with Crippen molar-refractivity contribution in [1.29, 1.82) is 0 Å². The Hall–Kier alpha value is -4.04. The number of nitro benzene ring substituents is 1. The molecule has 0 atom stereocenters. The summed E-state index contributed by atoms with van der Waals surface area (Å²) in [6, 6.07) is 16.0. The zero-order valence-corrected chi connectivity index (χ0v) is 20.8. The average molecular weight is 506 g/mol. The molecule has 0 fully saturated rings. The van der Waals surface area contributed by atoms with E-state index < -0.39 is 10.8 Å². The number of hydrogen-bond acceptors (Lipinski definition) is 6. The van der Waals surface area contributed by atoms with Crippen molar-refractivity contribution in [2.24, 2.45) is 4.99 Å². The molecular weight excluding hydrogens is 482 g/mol. The molecule has 0 radical (unpaired) electrons. The van der Waals surface area contributed by atoms with Crippen molar-refractivity contribution in [3.63, 3.8) is 0 Å². The zero-order valence-electron chi connectivity index (χ0n) is 20.0. The number of halogens is 1.